The Labute approximate surface area is 135 Å². The SMILES string of the molecule is Cc1nc(N(CCO)C2CCC2)c2c3c(sc2n1)CCCC3. The lowest BCUT2D eigenvalue weighted by Gasteiger charge is -2.38. The number of aromatic nitrogens is 2. The van der Waals surface area contributed by atoms with E-state index >= 15 is 0 Å². The topological polar surface area (TPSA) is 49.2 Å². The summed E-state index contributed by atoms with van der Waals surface area (Å²) in [6.45, 7) is 2.85. The highest BCUT2D eigenvalue weighted by Crippen LogP contribution is 2.41. The van der Waals surface area contributed by atoms with Crippen LogP contribution in [-0.2, 0) is 12.8 Å². The van der Waals surface area contributed by atoms with Gasteiger partial charge >= 0.3 is 0 Å². The van der Waals surface area contributed by atoms with Crippen LogP contribution in [0.5, 0.6) is 0 Å². The molecule has 2 heterocycles. The number of aliphatic hydroxyl groups excluding tert-OH is 1. The quantitative estimate of drug-likeness (QED) is 0.940. The van der Waals surface area contributed by atoms with Crippen molar-refractivity contribution in [3.63, 3.8) is 0 Å². The largest absolute Gasteiger partial charge is 0.395 e. The molecule has 1 fully saturated rings. The maximum atomic E-state index is 9.51. The molecule has 0 aliphatic heterocycles. The maximum absolute atomic E-state index is 9.51. The van der Waals surface area contributed by atoms with Crippen LogP contribution in [0.2, 0.25) is 0 Å². The van der Waals surface area contributed by atoms with Gasteiger partial charge in [0, 0.05) is 17.5 Å². The average Bonchev–Trinajstić information content (AvgIpc) is 2.82. The van der Waals surface area contributed by atoms with Gasteiger partial charge in [0.1, 0.15) is 16.5 Å². The zero-order valence-electron chi connectivity index (χ0n) is 13.1. The standard InChI is InChI=1S/C17H23N3OS/c1-11-18-16(20(9-10-21)12-5-4-6-12)15-13-7-2-3-8-14(13)22-17(15)19-11/h12,21H,2-10H2,1H3. The van der Waals surface area contributed by atoms with Gasteiger partial charge < -0.3 is 10.0 Å². The molecule has 2 aromatic heterocycles. The summed E-state index contributed by atoms with van der Waals surface area (Å²) < 4.78 is 0. The predicted octanol–water partition coefficient (Wildman–Crippen LogP) is 3.23. The van der Waals surface area contributed by atoms with E-state index in [1.807, 2.05) is 18.3 Å². The normalized spacial score (nSPS) is 18.3. The fourth-order valence-electron chi connectivity index (χ4n) is 3.72. The molecule has 118 valence electrons. The molecule has 0 unspecified atom stereocenters. The van der Waals surface area contributed by atoms with Gasteiger partial charge in [0.05, 0.1) is 12.0 Å². The van der Waals surface area contributed by atoms with Crippen LogP contribution in [0.25, 0.3) is 10.2 Å². The van der Waals surface area contributed by atoms with Crippen LogP contribution < -0.4 is 4.90 Å². The molecule has 4 nitrogen and oxygen atoms in total. The first kappa shape index (κ1) is 14.4. The first-order valence-corrected chi connectivity index (χ1v) is 9.26. The van der Waals surface area contributed by atoms with Gasteiger partial charge in [0.2, 0.25) is 0 Å². The third kappa shape index (κ3) is 2.31. The molecule has 0 atom stereocenters. The Morgan fingerprint density at radius 1 is 1.18 bits per heavy atom. The molecular weight excluding hydrogens is 294 g/mol. The van der Waals surface area contributed by atoms with Gasteiger partial charge in [-0.2, -0.15) is 0 Å². The molecule has 1 saturated carbocycles. The van der Waals surface area contributed by atoms with Gasteiger partial charge in [-0.1, -0.05) is 0 Å². The molecule has 2 aliphatic carbocycles. The van der Waals surface area contributed by atoms with E-state index in [1.54, 1.807) is 0 Å². The highest BCUT2D eigenvalue weighted by Gasteiger charge is 2.29. The lowest BCUT2D eigenvalue weighted by molar-refractivity contribution is 0.283. The van der Waals surface area contributed by atoms with Crippen molar-refractivity contribution in [3.8, 4) is 0 Å². The summed E-state index contributed by atoms with van der Waals surface area (Å²) in [6, 6.07) is 0.545. The van der Waals surface area contributed by atoms with Crippen molar-refractivity contribution in [2.75, 3.05) is 18.1 Å². The second kappa shape index (κ2) is 5.78. The minimum Gasteiger partial charge on any atom is -0.395 e. The Hall–Kier alpha value is -1.20. The summed E-state index contributed by atoms with van der Waals surface area (Å²) in [6.07, 6.45) is 8.65. The van der Waals surface area contributed by atoms with Gasteiger partial charge in [0.25, 0.3) is 0 Å². The van der Waals surface area contributed by atoms with Crippen molar-refractivity contribution < 1.29 is 5.11 Å². The fourth-order valence-corrected chi connectivity index (χ4v) is 5.02. The molecule has 0 spiro atoms. The molecule has 5 heteroatoms. The van der Waals surface area contributed by atoms with E-state index in [0.717, 1.165) is 22.9 Å². The summed E-state index contributed by atoms with van der Waals surface area (Å²) in [5.41, 5.74) is 1.49. The lowest BCUT2D eigenvalue weighted by atomic mass is 9.90. The number of fused-ring (bicyclic) bond motifs is 3. The third-order valence-electron chi connectivity index (χ3n) is 5.04. The number of thiophene rings is 1. The van der Waals surface area contributed by atoms with E-state index in [2.05, 4.69) is 4.90 Å². The van der Waals surface area contributed by atoms with E-state index in [-0.39, 0.29) is 6.61 Å². The second-order valence-corrected chi connectivity index (χ2v) is 7.57. The Morgan fingerprint density at radius 2 is 2.00 bits per heavy atom. The van der Waals surface area contributed by atoms with Crippen LogP contribution in [0.1, 0.15) is 48.4 Å². The van der Waals surface area contributed by atoms with Crippen LogP contribution in [0, 0.1) is 6.92 Å². The van der Waals surface area contributed by atoms with Crippen LogP contribution in [0.3, 0.4) is 0 Å². The number of rotatable bonds is 4. The fraction of sp³-hybridized carbons (Fsp3) is 0.647. The monoisotopic (exact) mass is 317 g/mol. The van der Waals surface area contributed by atoms with Crippen molar-refractivity contribution in [3.05, 3.63) is 16.3 Å². The molecule has 2 aromatic rings. The van der Waals surface area contributed by atoms with Gasteiger partial charge in [-0.05, 0) is 57.4 Å². The lowest BCUT2D eigenvalue weighted by Crippen LogP contribution is -2.42. The summed E-state index contributed by atoms with van der Waals surface area (Å²) in [7, 11) is 0. The van der Waals surface area contributed by atoms with Crippen molar-refractivity contribution in [2.45, 2.75) is 57.9 Å². The Morgan fingerprint density at radius 3 is 2.73 bits per heavy atom. The summed E-state index contributed by atoms with van der Waals surface area (Å²) >= 11 is 1.86. The molecule has 22 heavy (non-hydrogen) atoms. The highest BCUT2D eigenvalue weighted by molar-refractivity contribution is 7.19. The molecule has 4 rings (SSSR count). The predicted molar refractivity (Wildman–Crippen MR) is 90.9 cm³/mol. The third-order valence-corrected chi connectivity index (χ3v) is 6.22. The van der Waals surface area contributed by atoms with Crippen LogP contribution >= 0.6 is 11.3 Å². The number of aliphatic hydroxyl groups is 1. The van der Waals surface area contributed by atoms with E-state index < -0.39 is 0 Å². The molecule has 1 N–H and O–H groups in total. The molecule has 0 bridgehead atoms. The molecule has 0 saturated heterocycles. The average molecular weight is 317 g/mol. The highest BCUT2D eigenvalue weighted by atomic mass is 32.1. The van der Waals surface area contributed by atoms with Gasteiger partial charge in [0.15, 0.2) is 0 Å². The smallest absolute Gasteiger partial charge is 0.141 e. The Bertz CT molecular complexity index is 693. The molecule has 2 aliphatic rings. The van der Waals surface area contributed by atoms with Gasteiger partial charge in [-0.15, -0.1) is 11.3 Å². The van der Waals surface area contributed by atoms with Crippen molar-refractivity contribution >= 4 is 27.4 Å². The van der Waals surface area contributed by atoms with Gasteiger partial charge in [-0.3, -0.25) is 0 Å². The van der Waals surface area contributed by atoms with E-state index in [0.29, 0.717) is 12.6 Å². The van der Waals surface area contributed by atoms with E-state index in [9.17, 15) is 5.11 Å². The Balaban J connectivity index is 1.88. The molecule has 0 radical (unpaired) electrons. The maximum Gasteiger partial charge on any atom is 0.141 e. The molecular formula is C17H23N3OS. The number of hydrogen-bond donors (Lipinski definition) is 1. The van der Waals surface area contributed by atoms with Gasteiger partial charge in [-0.25, -0.2) is 9.97 Å². The number of anilines is 1. The summed E-state index contributed by atoms with van der Waals surface area (Å²) in [5.74, 6) is 1.93. The van der Waals surface area contributed by atoms with Crippen molar-refractivity contribution in [1.29, 1.82) is 0 Å². The minimum absolute atomic E-state index is 0.188. The zero-order chi connectivity index (χ0) is 15.1. The zero-order valence-corrected chi connectivity index (χ0v) is 14.0. The Kier molecular flexibility index (Phi) is 3.78. The summed E-state index contributed by atoms with van der Waals surface area (Å²) in [5, 5.41) is 10.8. The van der Waals surface area contributed by atoms with E-state index in [1.165, 1.54) is 54.4 Å². The summed E-state index contributed by atoms with van der Waals surface area (Å²) in [4.78, 5) is 14.5. The minimum atomic E-state index is 0.188. The van der Waals surface area contributed by atoms with Crippen LogP contribution in [-0.4, -0.2) is 34.3 Å². The number of nitrogens with zero attached hydrogens (tertiary/aromatic N) is 3. The van der Waals surface area contributed by atoms with E-state index in [4.69, 9.17) is 9.97 Å². The second-order valence-electron chi connectivity index (χ2n) is 6.49. The van der Waals surface area contributed by atoms with Crippen molar-refractivity contribution in [1.82, 2.24) is 9.97 Å². The first-order chi connectivity index (χ1) is 10.8. The molecule has 0 amide bonds. The first-order valence-electron chi connectivity index (χ1n) is 8.44. The number of aryl methyl sites for hydroxylation is 3. The number of hydrogen-bond acceptors (Lipinski definition) is 5. The van der Waals surface area contributed by atoms with Crippen LogP contribution in [0.4, 0.5) is 5.82 Å². The molecule has 0 aromatic carbocycles. The van der Waals surface area contributed by atoms with Crippen LogP contribution in [0.15, 0.2) is 0 Å². The van der Waals surface area contributed by atoms with Crippen molar-refractivity contribution in [2.24, 2.45) is 0 Å².